The van der Waals surface area contributed by atoms with Gasteiger partial charge in [-0.2, -0.15) is 0 Å². The van der Waals surface area contributed by atoms with Crippen LogP contribution in [0.15, 0.2) is 6.07 Å². The van der Waals surface area contributed by atoms with Crippen molar-refractivity contribution in [2.75, 3.05) is 24.6 Å². The lowest BCUT2D eigenvalue weighted by atomic mass is 9.80. The average molecular weight is 329 g/mol. The molecule has 1 spiro atoms. The number of aliphatic hydroxyl groups is 1. The smallest absolute Gasteiger partial charge is 0.259 e. The molecule has 2 heterocycles. The van der Waals surface area contributed by atoms with Gasteiger partial charge in [0, 0.05) is 6.54 Å². The molecule has 0 radical (unpaired) electrons. The number of rotatable bonds is 1. The van der Waals surface area contributed by atoms with Crippen LogP contribution < -0.4 is 10.2 Å². The molecular formula is C14H14Cl2N2O3. The van der Waals surface area contributed by atoms with Crippen molar-refractivity contribution in [3.63, 3.8) is 0 Å². The van der Waals surface area contributed by atoms with Gasteiger partial charge in [0.2, 0.25) is 5.91 Å². The van der Waals surface area contributed by atoms with E-state index >= 15 is 0 Å². The minimum atomic E-state index is -0.793. The first-order valence-corrected chi connectivity index (χ1v) is 7.37. The third-order valence-corrected chi connectivity index (χ3v) is 5.19. The summed E-state index contributed by atoms with van der Waals surface area (Å²) < 4.78 is 0. The van der Waals surface area contributed by atoms with E-state index in [1.165, 1.54) is 0 Å². The van der Waals surface area contributed by atoms with Gasteiger partial charge in [0.15, 0.2) is 0 Å². The van der Waals surface area contributed by atoms with Gasteiger partial charge in [-0.3, -0.25) is 9.59 Å². The Morgan fingerprint density at radius 3 is 2.81 bits per heavy atom. The van der Waals surface area contributed by atoms with E-state index in [1.807, 2.05) is 0 Å². The van der Waals surface area contributed by atoms with Crippen LogP contribution in [-0.4, -0.2) is 36.6 Å². The van der Waals surface area contributed by atoms with E-state index in [-0.39, 0.29) is 5.91 Å². The Morgan fingerprint density at radius 1 is 1.52 bits per heavy atom. The molecule has 0 aliphatic carbocycles. The molecule has 2 N–H and O–H groups in total. The van der Waals surface area contributed by atoms with Crippen molar-refractivity contribution < 1.29 is 14.7 Å². The molecule has 2 aliphatic rings. The van der Waals surface area contributed by atoms with Crippen LogP contribution in [0.2, 0.25) is 10.0 Å². The summed E-state index contributed by atoms with van der Waals surface area (Å²) in [7, 11) is 0. The summed E-state index contributed by atoms with van der Waals surface area (Å²) >= 11 is 12.3. The number of fused-ring (bicyclic) bond motifs is 2. The average Bonchev–Trinajstić information content (AvgIpc) is 3.04. The molecule has 1 fully saturated rings. The van der Waals surface area contributed by atoms with Crippen LogP contribution in [-0.2, 0) is 15.0 Å². The fourth-order valence-corrected chi connectivity index (χ4v) is 3.64. The Kier molecular flexibility index (Phi) is 3.48. The van der Waals surface area contributed by atoms with Gasteiger partial charge in [-0.1, -0.05) is 23.2 Å². The van der Waals surface area contributed by atoms with Gasteiger partial charge in [0.1, 0.15) is 6.61 Å². The standard InChI is InChI=1S/C14H14Cl2N2O3/c1-7-11(16)9(15)4-8-12(7)18(10(20)5-19)13(21)14(8)2-3-17-6-14/h4,17,19H,2-3,5-6H2,1H3/t14-/m1/s1. The lowest BCUT2D eigenvalue weighted by Crippen LogP contribution is -2.45. The summed E-state index contributed by atoms with van der Waals surface area (Å²) in [6.07, 6.45) is 0.589. The quantitative estimate of drug-likeness (QED) is 0.817. The van der Waals surface area contributed by atoms with Crippen LogP contribution in [0, 0.1) is 6.92 Å². The van der Waals surface area contributed by atoms with Crippen molar-refractivity contribution in [2.24, 2.45) is 0 Å². The maximum absolute atomic E-state index is 12.8. The highest BCUT2D eigenvalue weighted by atomic mass is 35.5. The van der Waals surface area contributed by atoms with Gasteiger partial charge in [-0.15, -0.1) is 0 Å². The fraction of sp³-hybridized carbons (Fsp3) is 0.429. The van der Waals surface area contributed by atoms with E-state index in [0.717, 1.165) is 4.90 Å². The molecule has 0 unspecified atom stereocenters. The lowest BCUT2D eigenvalue weighted by Gasteiger charge is -2.21. The zero-order valence-corrected chi connectivity index (χ0v) is 12.9. The van der Waals surface area contributed by atoms with Crippen molar-refractivity contribution >= 4 is 40.7 Å². The molecule has 0 bridgehead atoms. The number of hydrogen-bond acceptors (Lipinski definition) is 4. The van der Waals surface area contributed by atoms with Gasteiger partial charge < -0.3 is 10.4 Å². The highest BCUT2D eigenvalue weighted by Crippen LogP contribution is 2.50. The number of hydrogen-bond donors (Lipinski definition) is 2. The SMILES string of the molecule is Cc1c(Cl)c(Cl)cc2c1N(C(=O)CO)C(=O)[C@@]21CCNC1. The van der Waals surface area contributed by atoms with Crippen molar-refractivity contribution in [3.05, 3.63) is 27.2 Å². The summed E-state index contributed by atoms with van der Waals surface area (Å²) in [4.78, 5) is 25.9. The summed E-state index contributed by atoms with van der Waals surface area (Å²) in [6.45, 7) is 2.13. The number of nitrogens with zero attached hydrogens (tertiary/aromatic N) is 1. The van der Waals surface area contributed by atoms with Gasteiger partial charge >= 0.3 is 0 Å². The van der Waals surface area contributed by atoms with Crippen molar-refractivity contribution in [3.8, 4) is 0 Å². The Morgan fingerprint density at radius 2 is 2.24 bits per heavy atom. The fourth-order valence-electron chi connectivity index (χ4n) is 3.24. The first kappa shape index (κ1) is 14.8. The second-order valence-corrected chi connectivity index (χ2v) is 6.18. The van der Waals surface area contributed by atoms with Crippen LogP contribution >= 0.6 is 23.2 Å². The molecule has 21 heavy (non-hydrogen) atoms. The number of anilines is 1. The maximum atomic E-state index is 12.8. The largest absolute Gasteiger partial charge is 0.387 e. The number of aliphatic hydroxyl groups excluding tert-OH is 1. The van der Waals surface area contributed by atoms with E-state index in [1.54, 1.807) is 13.0 Å². The van der Waals surface area contributed by atoms with Crippen LogP contribution in [0.5, 0.6) is 0 Å². The van der Waals surface area contributed by atoms with E-state index in [9.17, 15) is 9.59 Å². The maximum Gasteiger partial charge on any atom is 0.259 e. The molecule has 7 heteroatoms. The van der Waals surface area contributed by atoms with E-state index < -0.39 is 17.9 Å². The van der Waals surface area contributed by atoms with Crippen LogP contribution in [0.25, 0.3) is 0 Å². The zero-order chi connectivity index (χ0) is 15.4. The van der Waals surface area contributed by atoms with Crippen LogP contribution in [0.3, 0.4) is 0 Å². The third kappa shape index (κ3) is 1.85. The molecule has 3 rings (SSSR count). The number of halogens is 2. The molecule has 1 aromatic rings. The van der Waals surface area contributed by atoms with Crippen molar-refractivity contribution in [1.29, 1.82) is 0 Å². The Balaban J connectivity index is 2.30. The monoisotopic (exact) mass is 328 g/mol. The predicted molar refractivity (Wildman–Crippen MR) is 79.9 cm³/mol. The molecule has 112 valence electrons. The zero-order valence-electron chi connectivity index (χ0n) is 11.4. The van der Waals surface area contributed by atoms with Crippen LogP contribution in [0.1, 0.15) is 17.5 Å². The Bertz CT molecular complexity index is 654. The molecule has 0 saturated carbocycles. The second-order valence-electron chi connectivity index (χ2n) is 5.39. The van der Waals surface area contributed by atoms with Gasteiger partial charge in [-0.05, 0) is 37.1 Å². The molecule has 0 aromatic heterocycles. The lowest BCUT2D eigenvalue weighted by molar-refractivity contribution is -0.130. The number of benzene rings is 1. The molecule has 5 nitrogen and oxygen atoms in total. The minimum absolute atomic E-state index is 0.317. The number of carbonyl (C=O) groups excluding carboxylic acids is 2. The number of amides is 2. The summed E-state index contributed by atoms with van der Waals surface area (Å²) in [5.41, 5.74) is 0.973. The number of imide groups is 1. The van der Waals surface area contributed by atoms with E-state index in [4.69, 9.17) is 28.3 Å². The summed E-state index contributed by atoms with van der Waals surface area (Å²) in [5, 5.41) is 13.0. The first-order valence-electron chi connectivity index (χ1n) is 6.62. The van der Waals surface area contributed by atoms with Gasteiger partial charge in [-0.25, -0.2) is 4.90 Å². The van der Waals surface area contributed by atoms with Gasteiger partial charge in [0.25, 0.3) is 5.91 Å². The predicted octanol–water partition coefficient (Wildman–Crippen LogP) is 1.40. The minimum Gasteiger partial charge on any atom is -0.387 e. The molecule has 2 amide bonds. The number of nitrogens with one attached hydrogen (secondary N) is 1. The Labute approximate surface area is 131 Å². The normalized spacial score (nSPS) is 24.0. The molecule has 1 atom stereocenters. The Hall–Kier alpha value is -1.14. The highest BCUT2D eigenvalue weighted by Gasteiger charge is 2.55. The van der Waals surface area contributed by atoms with Crippen molar-refractivity contribution in [2.45, 2.75) is 18.8 Å². The highest BCUT2D eigenvalue weighted by molar-refractivity contribution is 6.43. The van der Waals surface area contributed by atoms with E-state index in [0.29, 0.717) is 46.4 Å². The van der Waals surface area contributed by atoms with Gasteiger partial charge in [0.05, 0.1) is 21.1 Å². The summed E-state index contributed by atoms with van der Waals surface area (Å²) in [5.74, 6) is -0.963. The van der Waals surface area contributed by atoms with Crippen LogP contribution in [0.4, 0.5) is 5.69 Å². The summed E-state index contributed by atoms with van der Waals surface area (Å²) in [6, 6.07) is 1.67. The molecule has 2 aliphatic heterocycles. The molecule has 1 saturated heterocycles. The van der Waals surface area contributed by atoms with E-state index in [2.05, 4.69) is 5.32 Å². The molecule has 1 aromatic carbocycles. The molecular weight excluding hydrogens is 315 g/mol. The number of carbonyl (C=O) groups is 2. The van der Waals surface area contributed by atoms with Crippen molar-refractivity contribution in [1.82, 2.24) is 5.32 Å². The first-order chi connectivity index (χ1) is 9.94. The third-order valence-electron chi connectivity index (χ3n) is 4.31. The second kappa shape index (κ2) is 4.95. The topological polar surface area (TPSA) is 69.6 Å².